The average Bonchev–Trinajstić information content (AvgIpc) is 2.55. The zero-order valence-corrected chi connectivity index (χ0v) is 8.95. The summed E-state index contributed by atoms with van der Waals surface area (Å²) < 4.78 is 2.48. The smallest absolute Gasteiger partial charge is 0.354 e. The normalized spacial score (nSPS) is 10.7. The highest BCUT2D eigenvalue weighted by Crippen LogP contribution is 2.20. The Hall–Kier alpha value is -1.36. The number of aromatic nitrogens is 2. The third-order valence-electron chi connectivity index (χ3n) is 2.08. The van der Waals surface area contributed by atoms with Crippen LogP contribution in [0.3, 0.4) is 0 Å². The van der Waals surface area contributed by atoms with Gasteiger partial charge in [-0.1, -0.05) is 15.9 Å². The van der Waals surface area contributed by atoms with Gasteiger partial charge < -0.3 is 5.11 Å². The van der Waals surface area contributed by atoms with Crippen LogP contribution in [0.1, 0.15) is 16.1 Å². The van der Waals surface area contributed by atoms with Crippen molar-refractivity contribution in [1.82, 2.24) is 9.38 Å². The molecule has 2 heterocycles. The lowest BCUT2D eigenvalue weighted by molar-refractivity contribution is 0.0689. The largest absolute Gasteiger partial charge is 0.477 e. The molecule has 5 heteroatoms. The van der Waals surface area contributed by atoms with Crippen molar-refractivity contribution in [3.8, 4) is 0 Å². The first-order valence-corrected chi connectivity index (χ1v) is 4.76. The van der Waals surface area contributed by atoms with Crippen LogP contribution in [-0.2, 0) is 0 Å². The summed E-state index contributed by atoms with van der Waals surface area (Å²) in [7, 11) is 0. The van der Waals surface area contributed by atoms with Crippen LogP contribution in [0.4, 0.5) is 0 Å². The summed E-state index contributed by atoms with van der Waals surface area (Å²) in [6, 6.07) is 1.80. The molecule has 0 radical (unpaired) electrons. The number of halogens is 1. The van der Waals surface area contributed by atoms with Gasteiger partial charge in [-0.25, -0.2) is 9.78 Å². The SMILES string of the molecule is Cc1c(Br)ccn2c(C(=O)O)cnc12. The molecule has 0 aliphatic heterocycles. The molecule has 0 saturated heterocycles. The van der Waals surface area contributed by atoms with Crippen molar-refractivity contribution in [3.63, 3.8) is 0 Å². The van der Waals surface area contributed by atoms with E-state index in [4.69, 9.17) is 5.11 Å². The Bertz CT molecular complexity index is 519. The second-order valence-corrected chi connectivity index (χ2v) is 3.79. The molecule has 0 aromatic carbocycles. The molecule has 14 heavy (non-hydrogen) atoms. The van der Waals surface area contributed by atoms with E-state index in [0.717, 1.165) is 10.0 Å². The summed E-state index contributed by atoms with van der Waals surface area (Å²) in [6.45, 7) is 1.89. The van der Waals surface area contributed by atoms with E-state index in [1.54, 1.807) is 16.7 Å². The Morgan fingerprint density at radius 1 is 1.64 bits per heavy atom. The molecule has 0 unspecified atom stereocenters. The molecule has 72 valence electrons. The summed E-state index contributed by atoms with van der Waals surface area (Å²) in [5, 5.41) is 8.86. The minimum Gasteiger partial charge on any atom is -0.477 e. The minimum atomic E-state index is -0.973. The van der Waals surface area contributed by atoms with Gasteiger partial charge in [-0.2, -0.15) is 0 Å². The van der Waals surface area contributed by atoms with E-state index in [9.17, 15) is 4.79 Å². The van der Waals surface area contributed by atoms with Gasteiger partial charge in [0, 0.05) is 16.2 Å². The number of nitrogens with zero attached hydrogens (tertiary/aromatic N) is 2. The number of imidazole rings is 1. The van der Waals surface area contributed by atoms with Crippen molar-refractivity contribution < 1.29 is 9.90 Å². The van der Waals surface area contributed by atoms with Crippen LogP contribution in [0, 0.1) is 6.92 Å². The van der Waals surface area contributed by atoms with Crippen LogP contribution in [0.25, 0.3) is 5.65 Å². The molecule has 2 aromatic heterocycles. The zero-order chi connectivity index (χ0) is 10.3. The number of carboxylic acid groups (broad SMARTS) is 1. The molecule has 0 spiro atoms. The van der Waals surface area contributed by atoms with Crippen molar-refractivity contribution in [3.05, 3.63) is 34.2 Å². The molecule has 0 aliphatic carbocycles. The number of fused-ring (bicyclic) bond motifs is 1. The van der Waals surface area contributed by atoms with Crippen LogP contribution in [0.15, 0.2) is 22.9 Å². The van der Waals surface area contributed by atoms with Gasteiger partial charge in [0.15, 0.2) is 5.69 Å². The number of carboxylic acids is 1. The van der Waals surface area contributed by atoms with Crippen LogP contribution in [0.2, 0.25) is 0 Å². The topological polar surface area (TPSA) is 54.6 Å². The number of aromatic carboxylic acids is 1. The first-order valence-electron chi connectivity index (χ1n) is 3.96. The number of hydrogen-bond acceptors (Lipinski definition) is 2. The predicted molar refractivity (Wildman–Crippen MR) is 54.6 cm³/mol. The molecule has 4 nitrogen and oxygen atoms in total. The van der Waals surface area contributed by atoms with Gasteiger partial charge in [-0.15, -0.1) is 0 Å². The van der Waals surface area contributed by atoms with Crippen molar-refractivity contribution >= 4 is 27.5 Å². The van der Waals surface area contributed by atoms with Crippen molar-refractivity contribution in [2.45, 2.75) is 6.92 Å². The van der Waals surface area contributed by atoms with E-state index in [1.807, 2.05) is 6.92 Å². The van der Waals surface area contributed by atoms with Gasteiger partial charge in [0.25, 0.3) is 0 Å². The molecule has 0 aliphatic rings. The quantitative estimate of drug-likeness (QED) is 0.848. The molecule has 0 atom stereocenters. The molecular formula is C9H7BrN2O2. The van der Waals surface area contributed by atoms with E-state index in [-0.39, 0.29) is 5.69 Å². The third kappa shape index (κ3) is 1.21. The molecule has 0 fully saturated rings. The van der Waals surface area contributed by atoms with E-state index in [1.165, 1.54) is 6.20 Å². The Balaban J connectivity index is 2.83. The average molecular weight is 255 g/mol. The lowest BCUT2D eigenvalue weighted by Crippen LogP contribution is -2.01. The first-order chi connectivity index (χ1) is 6.61. The predicted octanol–water partition coefficient (Wildman–Crippen LogP) is 2.10. The number of aryl methyl sites for hydroxylation is 1. The maximum atomic E-state index is 10.8. The fourth-order valence-electron chi connectivity index (χ4n) is 1.32. The van der Waals surface area contributed by atoms with Gasteiger partial charge >= 0.3 is 5.97 Å². The second-order valence-electron chi connectivity index (χ2n) is 2.93. The van der Waals surface area contributed by atoms with E-state index in [0.29, 0.717) is 5.65 Å². The molecule has 2 rings (SSSR count). The van der Waals surface area contributed by atoms with Crippen LogP contribution in [-0.4, -0.2) is 20.5 Å². The van der Waals surface area contributed by atoms with E-state index < -0.39 is 5.97 Å². The lowest BCUT2D eigenvalue weighted by atomic mass is 10.3. The van der Waals surface area contributed by atoms with E-state index >= 15 is 0 Å². The summed E-state index contributed by atoms with van der Waals surface area (Å²) >= 11 is 3.36. The van der Waals surface area contributed by atoms with E-state index in [2.05, 4.69) is 20.9 Å². The minimum absolute atomic E-state index is 0.176. The lowest BCUT2D eigenvalue weighted by Gasteiger charge is -2.01. The van der Waals surface area contributed by atoms with Gasteiger partial charge in [-0.05, 0) is 13.0 Å². The Morgan fingerprint density at radius 3 is 3.00 bits per heavy atom. The Kier molecular flexibility index (Phi) is 2.03. The van der Waals surface area contributed by atoms with Gasteiger partial charge in [0.1, 0.15) is 5.65 Å². The standard InChI is InChI=1S/C9H7BrN2O2/c1-5-6(10)2-3-12-7(9(13)14)4-11-8(5)12/h2-4H,1H3,(H,13,14). The number of rotatable bonds is 1. The van der Waals surface area contributed by atoms with Crippen LogP contribution < -0.4 is 0 Å². The molecular weight excluding hydrogens is 248 g/mol. The Morgan fingerprint density at radius 2 is 2.36 bits per heavy atom. The molecule has 1 N–H and O–H groups in total. The van der Waals surface area contributed by atoms with Gasteiger partial charge in [0.05, 0.1) is 6.20 Å². The van der Waals surface area contributed by atoms with Crippen LogP contribution >= 0.6 is 15.9 Å². The van der Waals surface area contributed by atoms with Crippen LogP contribution in [0.5, 0.6) is 0 Å². The number of pyridine rings is 1. The maximum Gasteiger partial charge on any atom is 0.354 e. The van der Waals surface area contributed by atoms with Gasteiger partial charge in [0.2, 0.25) is 0 Å². The van der Waals surface area contributed by atoms with Gasteiger partial charge in [-0.3, -0.25) is 4.40 Å². The second kappa shape index (κ2) is 3.09. The fraction of sp³-hybridized carbons (Fsp3) is 0.111. The summed E-state index contributed by atoms with van der Waals surface area (Å²) in [5.41, 5.74) is 1.77. The number of hydrogen-bond donors (Lipinski definition) is 1. The third-order valence-corrected chi connectivity index (χ3v) is 2.94. The molecule has 0 bridgehead atoms. The number of carbonyl (C=O) groups is 1. The fourth-order valence-corrected chi connectivity index (χ4v) is 1.61. The van der Waals surface area contributed by atoms with Crippen molar-refractivity contribution in [2.75, 3.05) is 0 Å². The first kappa shape index (κ1) is 9.21. The highest BCUT2D eigenvalue weighted by molar-refractivity contribution is 9.10. The summed E-state index contributed by atoms with van der Waals surface area (Å²) in [6.07, 6.45) is 3.04. The maximum absolute atomic E-state index is 10.8. The summed E-state index contributed by atoms with van der Waals surface area (Å²) in [4.78, 5) is 14.9. The van der Waals surface area contributed by atoms with Crippen molar-refractivity contribution in [1.29, 1.82) is 0 Å². The highest BCUT2D eigenvalue weighted by atomic mass is 79.9. The highest BCUT2D eigenvalue weighted by Gasteiger charge is 2.12. The molecule has 0 saturated carbocycles. The summed E-state index contributed by atoms with van der Waals surface area (Å²) in [5.74, 6) is -0.973. The monoisotopic (exact) mass is 254 g/mol. The molecule has 2 aromatic rings. The van der Waals surface area contributed by atoms with Crippen molar-refractivity contribution in [2.24, 2.45) is 0 Å². The Labute approximate surface area is 88.3 Å². The zero-order valence-electron chi connectivity index (χ0n) is 7.36. The molecule has 0 amide bonds.